The summed E-state index contributed by atoms with van der Waals surface area (Å²) in [7, 11) is 1.63. The number of allylic oxidation sites excluding steroid dienone is 1. The maximum Gasteiger partial charge on any atom is 0.115 e. The molecule has 0 heterocycles. The van der Waals surface area contributed by atoms with Crippen molar-refractivity contribution in [2.24, 2.45) is 5.92 Å². The zero-order valence-electron chi connectivity index (χ0n) is 7.16. The number of aliphatic hydroxyl groups is 1. The Morgan fingerprint density at radius 2 is 2.27 bits per heavy atom. The molecule has 0 aromatic carbocycles. The highest BCUT2D eigenvalue weighted by atomic mass is 16.5. The molecule has 0 saturated heterocycles. The monoisotopic (exact) mass is 154 g/mol. The molecule has 2 nitrogen and oxygen atoms in total. The van der Waals surface area contributed by atoms with Gasteiger partial charge in [0.15, 0.2) is 0 Å². The maximum absolute atomic E-state index is 9.67. The van der Waals surface area contributed by atoms with E-state index in [0.29, 0.717) is 0 Å². The molecule has 0 bridgehead atoms. The van der Waals surface area contributed by atoms with E-state index in [9.17, 15) is 5.11 Å². The van der Waals surface area contributed by atoms with Crippen LogP contribution in [-0.2, 0) is 4.74 Å². The van der Waals surface area contributed by atoms with Gasteiger partial charge in [-0.3, -0.25) is 0 Å². The minimum absolute atomic E-state index is 0.113. The van der Waals surface area contributed by atoms with Crippen LogP contribution < -0.4 is 0 Å². The summed E-state index contributed by atoms with van der Waals surface area (Å²) in [6.07, 6.45) is 5.47. The number of ether oxygens (including phenoxy) is 1. The number of rotatable bonds is 1. The maximum atomic E-state index is 9.67. The molecule has 1 rings (SSSR count). The van der Waals surface area contributed by atoms with Crippen LogP contribution in [0.1, 0.15) is 13.8 Å². The smallest absolute Gasteiger partial charge is 0.115 e. The van der Waals surface area contributed by atoms with Crippen LogP contribution in [0.3, 0.4) is 0 Å². The standard InChI is InChI=1S/C9H14O2/c1-7-6-8(11-3)4-5-9(7,2)10/h4-7,10H,1-3H3. The molecule has 1 aliphatic rings. The first-order chi connectivity index (χ1) is 5.06. The van der Waals surface area contributed by atoms with E-state index >= 15 is 0 Å². The molecule has 0 aromatic rings. The molecule has 0 saturated carbocycles. The van der Waals surface area contributed by atoms with Gasteiger partial charge in [-0.15, -0.1) is 0 Å². The van der Waals surface area contributed by atoms with E-state index in [-0.39, 0.29) is 5.92 Å². The molecule has 0 spiro atoms. The largest absolute Gasteiger partial charge is 0.497 e. The molecule has 1 N–H and O–H groups in total. The molecule has 2 unspecified atom stereocenters. The lowest BCUT2D eigenvalue weighted by Crippen LogP contribution is -2.31. The first kappa shape index (κ1) is 8.34. The molecule has 62 valence electrons. The van der Waals surface area contributed by atoms with Gasteiger partial charge in [0.05, 0.1) is 12.7 Å². The first-order valence-corrected chi connectivity index (χ1v) is 3.73. The second kappa shape index (κ2) is 2.70. The van der Waals surface area contributed by atoms with Crippen molar-refractivity contribution in [3.8, 4) is 0 Å². The average Bonchev–Trinajstić information content (AvgIpc) is 1.95. The van der Waals surface area contributed by atoms with Crippen LogP contribution in [0.5, 0.6) is 0 Å². The zero-order valence-corrected chi connectivity index (χ0v) is 7.16. The van der Waals surface area contributed by atoms with E-state index in [2.05, 4.69) is 0 Å². The fourth-order valence-electron chi connectivity index (χ4n) is 1.01. The van der Waals surface area contributed by atoms with Crippen molar-refractivity contribution in [3.05, 3.63) is 24.0 Å². The Balaban J connectivity index is 2.80. The lowest BCUT2D eigenvalue weighted by molar-refractivity contribution is 0.0693. The van der Waals surface area contributed by atoms with Crippen LogP contribution >= 0.6 is 0 Å². The SMILES string of the molecule is COC1=CC(C)C(C)(O)C=C1. The Morgan fingerprint density at radius 1 is 1.64 bits per heavy atom. The normalized spacial score (nSPS) is 36.7. The highest BCUT2D eigenvalue weighted by Gasteiger charge is 2.26. The Labute approximate surface area is 67.2 Å². The van der Waals surface area contributed by atoms with Crippen LogP contribution in [0, 0.1) is 5.92 Å². The van der Waals surface area contributed by atoms with Crippen molar-refractivity contribution >= 4 is 0 Å². The molecule has 0 aromatic heterocycles. The third-order valence-electron chi connectivity index (χ3n) is 2.16. The number of hydrogen-bond donors (Lipinski definition) is 1. The summed E-state index contributed by atoms with van der Waals surface area (Å²) in [5, 5.41) is 9.67. The second-order valence-corrected chi connectivity index (χ2v) is 3.12. The van der Waals surface area contributed by atoms with Crippen LogP contribution in [0.15, 0.2) is 24.0 Å². The Morgan fingerprint density at radius 3 is 2.73 bits per heavy atom. The van der Waals surface area contributed by atoms with E-state index in [1.807, 2.05) is 13.0 Å². The van der Waals surface area contributed by atoms with E-state index in [1.165, 1.54) is 0 Å². The number of methoxy groups -OCH3 is 1. The minimum Gasteiger partial charge on any atom is -0.497 e. The lowest BCUT2D eigenvalue weighted by Gasteiger charge is -2.27. The third kappa shape index (κ3) is 1.63. The van der Waals surface area contributed by atoms with Gasteiger partial charge in [0, 0.05) is 5.92 Å². The van der Waals surface area contributed by atoms with Gasteiger partial charge in [0.25, 0.3) is 0 Å². The summed E-state index contributed by atoms with van der Waals surface area (Å²) >= 11 is 0. The van der Waals surface area contributed by atoms with Gasteiger partial charge >= 0.3 is 0 Å². The van der Waals surface area contributed by atoms with Crippen LogP contribution in [0.4, 0.5) is 0 Å². The van der Waals surface area contributed by atoms with Gasteiger partial charge in [-0.1, -0.05) is 6.92 Å². The fraction of sp³-hybridized carbons (Fsp3) is 0.556. The van der Waals surface area contributed by atoms with Crippen molar-refractivity contribution in [3.63, 3.8) is 0 Å². The molecule has 11 heavy (non-hydrogen) atoms. The van der Waals surface area contributed by atoms with Gasteiger partial charge in [-0.05, 0) is 25.2 Å². The van der Waals surface area contributed by atoms with Crippen molar-refractivity contribution < 1.29 is 9.84 Å². The fourth-order valence-corrected chi connectivity index (χ4v) is 1.01. The summed E-state index contributed by atoms with van der Waals surface area (Å²) in [5.41, 5.74) is -0.720. The molecule has 0 aliphatic heterocycles. The van der Waals surface area contributed by atoms with Crippen LogP contribution in [-0.4, -0.2) is 17.8 Å². The molecule has 0 radical (unpaired) electrons. The van der Waals surface area contributed by atoms with Crippen molar-refractivity contribution in [1.29, 1.82) is 0 Å². The average molecular weight is 154 g/mol. The lowest BCUT2D eigenvalue weighted by atomic mass is 9.86. The van der Waals surface area contributed by atoms with Gasteiger partial charge in [-0.25, -0.2) is 0 Å². The second-order valence-electron chi connectivity index (χ2n) is 3.12. The molecule has 0 fully saturated rings. The predicted molar refractivity (Wildman–Crippen MR) is 44.0 cm³/mol. The van der Waals surface area contributed by atoms with E-state index in [1.54, 1.807) is 26.2 Å². The topological polar surface area (TPSA) is 29.5 Å². The molecular weight excluding hydrogens is 140 g/mol. The zero-order chi connectivity index (χ0) is 8.48. The molecule has 2 atom stereocenters. The summed E-state index contributed by atoms with van der Waals surface area (Å²) in [6, 6.07) is 0. The van der Waals surface area contributed by atoms with Gasteiger partial charge in [0.2, 0.25) is 0 Å². The number of hydrogen-bond acceptors (Lipinski definition) is 2. The van der Waals surface area contributed by atoms with Crippen molar-refractivity contribution in [2.45, 2.75) is 19.4 Å². The van der Waals surface area contributed by atoms with E-state index < -0.39 is 5.60 Å². The quantitative estimate of drug-likeness (QED) is 0.619. The minimum atomic E-state index is -0.720. The Hall–Kier alpha value is -0.760. The summed E-state index contributed by atoms with van der Waals surface area (Å²) in [4.78, 5) is 0. The van der Waals surface area contributed by atoms with Gasteiger partial charge in [0.1, 0.15) is 5.76 Å². The van der Waals surface area contributed by atoms with Gasteiger partial charge in [-0.2, -0.15) is 0 Å². The Kier molecular flexibility index (Phi) is 2.05. The summed E-state index contributed by atoms with van der Waals surface area (Å²) in [6.45, 7) is 3.75. The van der Waals surface area contributed by atoms with E-state index in [4.69, 9.17) is 4.74 Å². The van der Waals surface area contributed by atoms with Crippen molar-refractivity contribution in [1.82, 2.24) is 0 Å². The summed E-state index contributed by atoms with van der Waals surface area (Å²) in [5.74, 6) is 0.937. The highest BCUT2D eigenvalue weighted by Crippen LogP contribution is 2.26. The van der Waals surface area contributed by atoms with Crippen LogP contribution in [0.25, 0.3) is 0 Å². The third-order valence-corrected chi connectivity index (χ3v) is 2.16. The molecule has 2 heteroatoms. The Bertz CT molecular complexity index is 202. The highest BCUT2D eigenvalue weighted by molar-refractivity contribution is 5.24. The first-order valence-electron chi connectivity index (χ1n) is 3.73. The van der Waals surface area contributed by atoms with Gasteiger partial charge < -0.3 is 9.84 Å². The molecule has 1 aliphatic carbocycles. The molecular formula is C9H14O2. The summed E-state index contributed by atoms with van der Waals surface area (Å²) < 4.78 is 5.02. The molecule has 0 amide bonds. The van der Waals surface area contributed by atoms with Crippen molar-refractivity contribution in [2.75, 3.05) is 7.11 Å². The van der Waals surface area contributed by atoms with Crippen LogP contribution in [0.2, 0.25) is 0 Å². The van der Waals surface area contributed by atoms with E-state index in [0.717, 1.165) is 5.76 Å². The predicted octanol–water partition coefficient (Wildman–Crippen LogP) is 1.47.